The van der Waals surface area contributed by atoms with E-state index in [0.717, 1.165) is 116 Å². The zero-order valence-corrected chi connectivity index (χ0v) is 81.7. The van der Waals surface area contributed by atoms with Crippen LogP contribution in [0.25, 0.3) is 0 Å². The Hall–Kier alpha value is -8.68. The maximum absolute atomic E-state index is 13.6. The Morgan fingerprint density at radius 3 is 0.977 bits per heavy atom. The summed E-state index contributed by atoms with van der Waals surface area (Å²) in [5.41, 5.74) is 7.95. The fourth-order valence-corrected chi connectivity index (χ4v) is 29.8. The van der Waals surface area contributed by atoms with Gasteiger partial charge in [-0.2, -0.15) is 0 Å². The second-order valence-electron chi connectivity index (χ2n) is 45.3. The van der Waals surface area contributed by atoms with Gasteiger partial charge in [-0.25, -0.2) is 0 Å². The summed E-state index contributed by atoms with van der Waals surface area (Å²) >= 11 is 0. The quantitative estimate of drug-likeness (QED) is 0.0492. The largest absolute Gasteiger partial charge is 0.458 e. The van der Waals surface area contributed by atoms with Gasteiger partial charge in [0.1, 0.15) is 29.7 Å². The summed E-state index contributed by atoms with van der Waals surface area (Å²) in [4.78, 5) is 194. The number of esters is 4. The first kappa shape index (κ1) is 99.8. The Labute approximate surface area is 776 Å². The van der Waals surface area contributed by atoms with Crippen LogP contribution in [0, 0.1) is 136 Å². The SMILES string of the molecule is CC(=O)CCC(=O)OCC(=O)[C@@]1(C)[C@@H](C)CC2C3CCC4=CC(=O)C=C[C@]4(C)C3=CC[C@@]21C.CC(=O)CCC(=O)OCC(=O)[C@@]1(C)[C@@H](C)CC2C3CCC4=CC(=O)CC[C@]4(C)C3=CC[C@@]21C.CC(=O)CCC(=O)OCC(=O)[C@@]1(C)[C@H](C)CC2C3CCC4=CC(=O)CC[C@]4(C)C3=CC[C@@]21C.CC(=O)CCC(=O)OCC(=O)[C@H]1[C@H](C)CC2C3CCC4=CC(=O)C=C[C@]4(C)C3=CC[C@@]21C. The first-order valence-electron chi connectivity index (χ1n) is 49.3. The normalized spacial score (nSPS) is 38.9. The van der Waals surface area contributed by atoms with Gasteiger partial charge in [0.25, 0.3) is 0 Å². The van der Waals surface area contributed by atoms with E-state index in [4.69, 9.17) is 18.9 Å². The molecule has 0 radical (unpaired) electrons. The lowest BCUT2D eigenvalue weighted by atomic mass is 9.48. The van der Waals surface area contributed by atoms with Gasteiger partial charge in [0.05, 0.1) is 25.7 Å². The van der Waals surface area contributed by atoms with Crippen molar-refractivity contribution in [3.63, 3.8) is 0 Å². The van der Waals surface area contributed by atoms with Crippen molar-refractivity contribution in [2.24, 2.45) is 136 Å². The lowest BCUT2D eigenvalue weighted by Gasteiger charge is -2.55. The summed E-state index contributed by atoms with van der Waals surface area (Å²) in [6.07, 6.45) is 43.3. The molecule has 16 aliphatic carbocycles. The number of rotatable bonds is 24. The Kier molecular flexibility index (Phi) is 28.6. The molecule has 24 atom stereocenters. The maximum Gasteiger partial charge on any atom is 0.306 e. The monoisotopic (exact) mass is 1800 g/mol. The number of carbonyl (C=O) groups is 16. The van der Waals surface area contributed by atoms with Crippen LogP contribution >= 0.6 is 0 Å². The number of fused-ring (bicyclic) bond motifs is 20. The van der Waals surface area contributed by atoms with Crippen LogP contribution in [0.1, 0.15) is 311 Å². The van der Waals surface area contributed by atoms with Crippen molar-refractivity contribution in [3.8, 4) is 0 Å². The van der Waals surface area contributed by atoms with Crippen LogP contribution in [0.4, 0.5) is 0 Å². The van der Waals surface area contributed by atoms with Gasteiger partial charge in [-0.3, -0.25) is 57.5 Å². The van der Waals surface area contributed by atoms with Gasteiger partial charge in [-0.05, 0) is 286 Å². The number of ether oxygens (including phenoxy) is 4. The molecule has 0 heterocycles. The van der Waals surface area contributed by atoms with Gasteiger partial charge < -0.3 is 38.1 Å². The molecule has 0 bridgehead atoms. The van der Waals surface area contributed by atoms with E-state index in [1.54, 1.807) is 12.2 Å². The molecule has 0 aliphatic heterocycles. The van der Waals surface area contributed by atoms with Gasteiger partial charge >= 0.3 is 23.9 Å². The number of Topliss-reactive ketones (excluding diaryl/α,β-unsaturated/α-hetero) is 8. The molecule has 16 rings (SSSR count). The van der Waals surface area contributed by atoms with Gasteiger partial charge in [-0.1, -0.05) is 171 Å². The van der Waals surface area contributed by atoms with E-state index in [1.165, 1.54) is 72.3 Å². The zero-order valence-electron chi connectivity index (χ0n) is 81.7. The first-order valence-corrected chi connectivity index (χ1v) is 49.3. The number of carbonyl (C=O) groups excluding carboxylic acids is 16. The average molecular weight is 1800 g/mol. The van der Waals surface area contributed by atoms with E-state index in [1.807, 2.05) is 24.3 Å². The van der Waals surface area contributed by atoms with Crippen molar-refractivity contribution >= 4 is 93.3 Å². The lowest BCUT2D eigenvalue weighted by Crippen LogP contribution is -2.51. The third kappa shape index (κ3) is 17.7. The predicted molar refractivity (Wildman–Crippen MR) is 496 cm³/mol. The number of allylic oxidation sites excluding steroid dienone is 20. The lowest BCUT2D eigenvalue weighted by molar-refractivity contribution is -0.155. The number of hydrogen-bond donors (Lipinski definition) is 0. The molecule has 131 heavy (non-hydrogen) atoms. The van der Waals surface area contributed by atoms with Crippen molar-refractivity contribution in [2.45, 2.75) is 311 Å². The molecule has 0 amide bonds. The summed E-state index contributed by atoms with van der Waals surface area (Å²) in [5.74, 6) is 2.42. The summed E-state index contributed by atoms with van der Waals surface area (Å²) < 4.78 is 21.2. The van der Waals surface area contributed by atoms with Gasteiger partial charge in [0, 0.05) is 82.3 Å². The zero-order chi connectivity index (χ0) is 95.8. The van der Waals surface area contributed by atoms with Crippen LogP contribution in [0.15, 0.2) is 117 Å². The molecule has 20 heteroatoms. The minimum atomic E-state index is -0.587. The van der Waals surface area contributed by atoms with Crippen molar-refractivity contribution in [2.75, 3.05) is 26.4 Å². The molecule has 710 valence electrons. The van der Waals surface area contributed by atoms with E-state index >= 15 is 0 Å². The molecule has 8 saturated carbocycles. The van der Waals surface area contributed by atoms with Gasteiger partial charge in [-0.15, -0.1) is 0 Å². The van der Waals surface area contributed by atoms with Gasteiger partial charge in [0.2, 0.25) is 0 Å². The highest BCUT2D eigenvalue weighted by Crippen LogP contribution is 2.74. The molecule has 8 fully saturated rings. The summed E-state index contributed by atoms with van der Waals surface area (Å²) in [5, 5.41) is 0. The summed E-state index contributed by atoms with van der Waals surface area (Å²) in [6, 6.07) is 0. The first-order chi connectivity index (χ1) is 61.3. The standard InChI is InChI=1S/2C28H38O5.C28H36O5.C27H34O5/c3*1-17-14-23-21-8-7-19-15-20(30)10-12-26(19,3)22(21)11-13-27(23,4)28(17,5)24(31)16-33-25(32)9-6-18(2)29;1-16-13-22-20-7-6-18-14-19(29)9-11-26(18,3)21(20)10-12-27(22,4)25(16)23(30)15-32-24(31)8-5-17(2)28/h2*11,15,17,21,23H,6-10,12-14,16H2,1-5H3;10-12,15,17,21,23H,6-9,13-14,16H2,1-5H3;9-11,14,16,20,22,25H,5-8,12-13,15H2,1-4H3/t17-,21?,23?,26+,27+,28-;2*17-,21?,23?,26-,27-,28+;16-,20?,22?,25-,26+,27+/m1001/s1. The maximum atomic E-state index is 13.6. The molecule has 8 unspecified atom stereocenters. The van der Waals surface area contributed by atoms with Crippen molar-refractivity contribution in [1.29, 1.82) is 0 Å². The number of ketones is 12. The molecular weight excluding hydrogens is 1650 g/mol. The Bertz CT molecular complexity index is 4950. The highest BCUT2D eigenvalue weighted by molar-refractivity contribution is 6.02. The van der Waals surface area contributed by atoms with Crippen LogP contribution in [-0.2, 0) is 95.7 Å². The molecule has 16 aliphatic rings. The minimum absolute atomic E-state index is 0.00102. The van der Waals surface area contributed by atoms with Crippen LogP contribution in [0.3, 0.4) is 0 Å². The van der Waals surface area contributed by atoms with Crippen LogP contribution in [0.2, 0.25) is 0 Å². The minimum Gasteiger partial charge on any atom is -0.458 e. The average Bonchev–Trinajstić information content (AvgIpc) is 1.54. The van der Waals surface area contributed by atoms with E-state index in [2.05, 4.69) is 140 Å². The van der Waals surface area contributed by atoms with E-state index < -0.39 is 40.1 Å². The highest BCUT2D eigenvalue weighted by atomic mass is 16.5. The Morgan fingerprint density at radius 1 is 0.344 bits per heavy atom. The van der Waals surface area contributed by atoms with E-state index in [-0.39, 0.29) is 220 Å². The molecule has 0 spiro atoms. The molecule has 0 aromatic carbocycles. The van der Waals surface area contributed by atoms with Crippen LogP contribution < -0.4 is 0 Å². The van der Waals surface area contributed by atoms with Crippen molar-refractivity contribution < 1.29 is 95.7 Å². The topological polar surface area (TPSA) is 310 Å². The third-order valence-corrected chi connectivity index (χ3v) is 38.7. The van der Waals surface area contributed by atoms with Crippen molar-refractivity contribution in [1.82, 2.24) is 0 Å². The predicted octanol–water partition coefficient (Wildman–Crippen LogP) is 19.9. The van der Waals surface area contributed by atoms with E-state index in [0.29, 0.717) is 60.2 Å². The molecule has 0 aromatic rings. The van der Waals surface area contributed by atoms with Crippen molar-refractivity contribution in [3.05, 3.63) is 117 Å². The fraction of sp³-hybridized carbons (Fsp3) is 0.676. The Balaban J connectivity index is 0.000000149. The summed E-state index contributed by atoms with van der Waals surface area (Å²) in [6.45, 7) is 37.9. The second kappa shape index (κ2) is 37.5. The van der Waals surface area contributed by atoms with Crippen LogP contribution in [0.5, 0.6) is 0 Å². The van der Waals surface area contributed by atoms with Crippen LogP contribution in [-0.4, -0.2) is 120 Å². The van der Waals surface area contributed by atoms with Gasteiger partial charge in [0.15, 0.2) is 66.1 Å². The highest BCUT2D eigenvalue weighted by Gasteiger charge is 2.70. The molecule has 0 N–H and O–H groups in total. The number of hydrogen-bond acceptors (Lipinski definition) is 20. The fourth-order valence-electron chi connectivity index (χ4n) is 29.8. The van der Waals surface area contributed by atoms with E-state index in [9.17, 15) is 76.7 Å². The molecule has 0 aromatic heterocycles. The third-order valence-electron chi connectivity index (χ3n) is 38.7. The summed E-state index contributed by atoms with van der Waals surface area (Å²) in [7, 11) is 0. The smallest absolute Gasteiger partial charge is 0.306 e. The Morgan fingerprint density at radius 2 is 0.641 bits per heavy atom. The second-order valence-corrected chi connectivity index (χ2v) is 45.3. The molecule has 0 saturated heterocycles. The molecular formula is C111H146O20. The molecule has 20 nitrogen and oxygen atoms in total.